The van der Waals surface area contributed by atoms with Gasteiger partial charge in [-0.25, -0.2) is 14.3 Å². The molecule has 3 amide bonds. The quantitative estimate of drug-likeness (QED) is 0.160. The van der Waals surface area contributed by atoms with Crippen LogP contribution in [0.15, 0.2) is 64.9 Å². The molecule has 5 aliphatic rings. The Morgan fingerprint density at radius 2 is 1.88 bits per heavy atom. The number of nitrogens with one attached hydrogen (secondary N) is 2. The van der Waals surface area contributed by atoms with Crippen LogP contribution in [-0.4, -0.2) is 96.1 Å². The van der Waals surface area contributed by atoms with Crippen molar-refractivity contribution >= 4 is 58.2 Å². The minimum Gasteiger partial charge on any atom is -0.491 e. The molecule has 3 aromatic heterocycles. The van der Waals surface area contributed by atoms with Crippen LogP contribution in [0.25, 0.3) is 22.9 Å². The molecule has 5 aromatic rings. The lowest BCUT2D eigenvalue weighted by Gasteiger charge is -2.49. The maximum Gasteiger partial charge on any atom is 0.329 e. The van der Waals surface area contributed by atoms with Crippen LogP contribution in [0.5, 0.6) is 5.75 Å². The molecule has 3 aliphatic heterocycles. The lowest BCUT2D eigenvalue weighted by Crippen LogP contribution is -2.61. The SMILES string of the molecule is CN(C1CCC(/C=[N+]2\C=c3cc(NC(=O)c4cnn5cccnc45)c(OCC4CC4)cc3=N2)CC1)C1CN(c2cccc3c2n(C)c(=O)n3C2CCC(=O)NC2=O)C1. The van der Waals surface area contributed by atoms with Crippen LogP contribution in [0, 0.1) is 11.8 Å². The Kier molecular flexibility index (Phi) is 8.95. The summed E-state index contributed by atoms with van der Waals surface area (Å²) in [6.07, 6.45) is 16.3. The molecule has 10 rings (SSSR count). The molecule has 4 fully saturated rings. The summed E-state index contributed by atoms with van der Waals surface area (Å²) in [7, 11) is 3.99. The Morgan fingerprint density at radius 3 is 2.67 bits per heavy atom. The van der Waals surface area contributed by atoms with Crippen molar-refractivity contribution in [3.05, 3.63) is 81.6 Å². The highest BCUT2D eigenvalue weighted by Gasteiger charge is 2.38. The maximum atomic E-state index is 13.4. The molecule has 2 aromatic carbocycles. The predicted octanol–water partition coefficient (Wildman–Crippen LogP) is 2.15. The van der Waals surface area contributed by atoms with E-state index in [0.29, 0.717) is 65.1 Å². The molecular formula is C42H46N11O5+. The van der Waals surface area contributed by atoms with Crippen LogP contribution in [0.4, 0.5) is 11.4 Å². The molecule has 298 valence electrons. The topological polar surface area (TPSA) is 163 Å². The molecule has 1 atom stereocenters. The Morgan fingerprint density at radius 1 is 1.05 bits per heavy atom. The zero-order chi connectivity index (χ0) is 39.7. The summed E-state index contributed by atoms with van der Waals surface area (Å²) in [4.78, 5) is 60.6. The highest BCUT2D eigenvalue weighted by molar-refractivity contribution is 6.08. The average molecular weight is 785 g/mol. The zero-order valence-corrected chi connectivity index (χ0v) is 32.6. The van der Waals surface area contributed by atoms with Gasteiger partial charge in [0.15, 0.2) is 11.9 Å². The second-order valence-corrected chi connectivity index (χ2v) is 16.4. The molecule has 2 saturated carbocycles. The summed E-state index contributed by atoms with van der Waals surface area (Å²) in [6, 6.07) is 11.7. The van der Waals surface area contributed by atoms with E-state index in [-0.39, 0.29) is 23.9 Å². The number of anilines is 2. The van der Waals surface area contributed by atoms with E-state index in [0.717, 1.165) is 73.4 Å². The summed E-state index contributed by atoms with van der Waals surface area (Å²) < 4.78 is 12.9. The first kappa shape index (κ1) is 36.2. The largest absolute Gasteiger partial charge is 0.491 e. The zero-order valence-electron chi connectivity index (χ0n) is 32.6. The first-order valence-corrected chi connectivity index (χ1v) is 20.3. The smallest absolute Gasteiger partial charge is 0.329 e. The summed E-state index contributed by atoms with van der Waals surface area (Å²) in [5.41, 5.74) is 3.72. The second-order valence-electron chi connectivity index (χ2n) is 16.4. The van der Waals surface area contributed by atoms with Gasteiger partial charge in [0.2, 0.25) is 18.0 Å². The molecule has 0 spiro atoms. The molecular weight excluding hydrogens is 739 g/mol. The van der Waals surface area contributed by atoms with Crippen molar-refractivity contribution in [1.82, 2.24) is 33.9 Å². The number of imidazole rings is 1. The van der Waals surface area contributed by atoms with E-state index in [1.165, 1.54) is 6.20 Å². The van der Waals surface area contributed by atoms with E-state index in [2.05, 4.69) is 43.8 Å². The number of aromatic nitrogens is 5. The average Bonchev–Trinajstić information content (AvgIpc) is 3.71. The third kappa shape index (κ3) is 6.54. The number of hydrogen-bond acceptors (Lipinski definition) is 10. The number of hydrogen-bond donors (Lipinski definition) is 2. The first-order chi connectivity index (χ1) is 28.2. The van der Waals surface area contributed by atoms with Crippen molar-refractivity contribution < 1.29 is 23.8 Å². The van der Waals surface area contributed by atoms with Crippen LogP contribution >= 0.6 is 0 Å². The van der Waals surface area contributed by atoms with Gasteiger partial charge in [0, 0.05) is 68.1 Å². The van der Waals surface area contributed by atoms with E-state index >= 15 is 0 Å². The Balaban J connectivity index is 0.790. The Hall–Kier alpha value is -6.16. The van der Waals surface area contributed by atoms with Gasteiger partial charge in [-0.3, -0.25) is 33.7 Å². The number of carbonyl (C=O) groups excluding carboxylic acids is 3. The van der Waals surface area contributed by atoms with E-state index in [1.54, 1.807) is 39.2 Å². The second kappa shape index (κ2) is 14.3. The molecule has 58 heavy (non-hydrogen) atoms. The van der Waals surface area contributed by atoms with Crippen molar-refractivity contribution in [3.63, 3.8) is 0 Å². The van der Waals surface area contributed by atoms with E-state index < -0.39 is 11.9 Å². The number of amides is 3. The summed E-state index contributed by atoms with van der Waals surface area (Å²) in [6.45, 7) is 2.31. The van der Waals surface area contributed by atoms with Crippen molar-refractivity contribution in [3.8, 4) is 5.75 Å². The van der Waals surface area contributed by atoms with Gasteiger partial charge in [-0.15, -0.1) is 0 Å². The monoisotopic (exact) mass is 784 g/mol. The Bertz CT molecular complexity index is 2710. The predicted molar refractivity (Wildman–Crippen MR) is 215 cm³/mol. The minimum absolute atomic E-state index is 0.213. The van der Waals surface area contributed by atoms with Gasteiger partial charge in [0.25, 0.3) is 5.91 Å². The number of likely N-dealkylation sites (N-methyl/N-ethyl adjacent to an activating group) is 1. The van der Waals surface area contributed by atoms with Gasteiger partial charge in [-0.2, -0.15) is 5.10 Å². The normalized spacial score (nSPS) is 22.8. The van der Waals surface area contributed by atoms with E-state index in [4.69, 9.17) is 9.84 Å². The van der Waals surface area contributed by atoms with Crippen molar-refractivity contribution in [2.75, 3.05) is 37.0 Å². The molecule has 0 bridgehead atoms. The van der Waals surface area contributed by atoms with Crippen LogP contribution < -0.4 is 36.5 Å². The number of nitrogens with zero attached hydrogens (tertiary/aromatic N) is 9. The van der Waals surface area contributed by atoms with Gasteiger partial charge >= 0.3 is 5.69 Å². The molecule has 2 N–H and O–H groups in total. The third-order valence-corrected chi connectivity index (χ3v) is 12.6. The number of rotatable bonds is 10. The summed E-state index contributed by atoms with van der Waals surface area (Å²) >= 11 is 0. The molecule has 2 aliphatic carbocycles. The third-order valence-electron chi connectivity index (χ3n) is 12.6. The molecule has 2 saturated heterocycles. The van der Waals surface area contributed by atoms with Crippen LogP contribution in [0.3, 0.4) is 0 Å². The number of para-hydroxylation sites is 1. The van der Waals surface area contributed by atoms with Crippen molar-refractivity contribution in [2.24, 2.45) is 24.0 Å². The highest BCUT2D eigenvalue weighted by atomic mass is 16.5. The van der Waals surface area contributed by atoms with E-state index in [1.807, 2.05) is 41.2 Å². The van der Waals surface area contributed by atoms with E-state index in [9.17, 15) is 19.2 Å². The van der Waals surface area contributed by atoms with Gasteiger partial charge in [0.1, 0.15) is 22.7 Å². The molecule has 16 heteroatoms. The minimum atomic E-state index is -0.705. The fourth-order valence-electron chi connectivity index (χ4n) is 9.02. The highest BCUT2D eigenvalue weighted by Crippen LogP contribution is 2.35. The van der Waals surface area contributed by atoms with Crippen LogP contribution in [0.2, 0.25) is 0 Å². The fraction of sp³-hybridized carbons (Fsp3) is 0.429. The number of carbonyl (C=O) groups is 3. The van der Waals surface area contributed by atoms with Crippen LogP contribution in [0.1, 0.15) is 67.8 Å². The Labute approximate surface area is 333 Å². The fourth-order valence-corrected chi connectivity index (χ4v) is 9.02. The maximum absolute atomic E-state index is 13.4. The number of piperidine rings is 1. The number of ether oxygens (including phenoxy) is 1. The molecule has 0 radical (unpaired) electrons. The summed E-state index contributed by atoms with van der Waals surface area (Å²) in [5, 5.41) is 16.3. The summed E-state index contributed by atoms with van der Waals surface area (Å²) in [5.74, 6) is 0.511. The van der Waals surface area contributed by atoms with Gasteiger partial charge in [-0.05, 0) is 82.2 Å². The molecule has 6 heterocycles. The van der Waals surface area contributed by atoms with Crippen LogP contribution in [-0.2, 0) is 16.6 Å². The van der Waals surface area contributed by atoms with Crippen molar-refractivity contribution in [1.29, 1.82) is 0 Å². The molecule has 1 unspecified atom stereocenters. The number of fused-ring (bicyclic) bond motifs is 3. The van der Waals surface area contributed by atoms with Crippen molar-refractivity contribution in [2.45, 2.75) is 69.5 Å². The molecule has 16 nitrogen and oxygen atoms in total. The van der Waals surface area contributed by atoms with Gasteiger partial charge in [-0.1, -0.05) is 10.8 Å². The standard InChI is InChI=1S/C42H45N11O5/c1-48(29-22-50(23-29)33-5-3-6-34-38(33)49(2)42(57)53(34)35-13-14-37(54)46-41(35)56)28-11-9-25(10-12-28)20-51-21-27-17-32(36(18-31(27)47-51)58-24-26-7-8-26)45-40(55)30-19-44-52-16-4-15-43-39(30)52/h3-6,15-21,25-26,28-29,35H,7-14,22-24H2,1-2H3,(H-,45,46,54,55,56)/p+1/b51-20+. The van der Waals surface area contributed by atoms with Gasteiger partial charge < -0.3 is 15.0 Å². The number of benzene rings is 2. The lowest BCUT2D eigenvalue weighted by molar-refractivity contribution is -0.424. The number of imide groups is 1. The number of aryl methyl sites for hydroxylation is 1. The van der Waals surface area contributed by atoms with Gasteiger partial charge in [0.05, 0.1) is 40.4 Å². The lowest BCUT2D eigenvalue weighted by atomic mass is 9.85. The first-order valence-electron chi connectivity index (χ1n) is 20.3.